The first kappa shape index (κ1) is 24.7. The fourth-order valence-electron chi connectivity index (χ4n) is 1.57. The monoisotopic (exact) mass is 552 g/mol. The molecule has 14 nitrogen and oxygen atoms in total. The van der Waals surface area contributed by atoms with Gasteiger partial charge in [-0.3, -0.25) is 29.0 Å². The Labute approximate surface area is 159 Å². The quantitative estimate of drug-likeness (QED) is 0.198. The molecule has 1 rings (SSSR count). The molecule has 150 valence electrons. The van der Waals surface area contributed by atoms with Crippen molar-refractivity contribution in [2.45, 2.75) is 0 Å². The van der Waals surface area contributed by atoms with Crippen molar-refractivity contribution in [3.8, 4) is 0 Å². The van der Waals surface area contributed by atoms with Crippen LogP contribution in [0, 0.1) is 0 Å². The average Bonchev–Trinajstić information content (AvgIpc) is 2.41. The predicted octanol–water partition coefficient (Wildman–Crippen LogP) is -2.45. The Hall–Kier alpha value is -1.30. The molecule has 0 saturated carbocycles. The molecular weight excluding hydrogens is 532 g/mol. The van der Waals surface area contributed by atoms with Crippen molar-refractivity contribution in [1.82, 2.24) is 9.80 Å². The second kappa shape index (κ2) is 13.0. The van der Waals surface area contributed by atoms with Crippen LogP contribution in [0.15, 0.2) is 0 Å². The van der Waals surface area contributed by atoms with Crippen LogP contribution in [0.5, 0.6) is 0 Å². The summed E-state index contributed by atoms with van der Waals surface area (Å²) in [6.07, 6.45) is 0. The van der Waals surface area contributed by atoms with E-state index in [0.717, 1.165) is 9.80 Å². The van der Waals surface area contributed by atoms with E-state index in [2.05, 4.69) is 4.09 Å². The number of hydrogen-bond acceptors (Lipinski definition) is 10. The van der Waals surface area contributed by atoms with Crippen LogP contribution in [0.2, 0.25) is 0 Å². The van der Waals surface area contributed by atoms with Crippen LogP contribution in [0.4, 0.5) is 0 Å². The number of hydrogen-bond donors (Lipinski definition) is 4. The van der Waals surface area contributed by atoms with Crippen LogP contribution >= 0.6 is 0 Å². The number of carboxylic acid groups (broad SMARTS) is 4. The van der Waals surface area contributed by atoms with Crippen LogP contribution in [0.3, 0.4) is 0 Å². The van der Waals surface area contributed by atoms with E-state index in [1.54, 1.807) is 0 Å². The second-order valence-electron chi connectivity index (χ2n) is 4.54. The molecule has 16 heteroatoms. The summed E-state index contributed by atoms with van der Waals surface area (Å²) in [7, 11) is 0. The number of rotatable bonds is 11. The Morgan fingerprint density at radius 1 is 0.615 bits per heavy atom. The first-order valence-electron chi connectivity index (χ1n) is 6.52. The van der Waals surface area contributed by atoms with E-state index < -0.39 is 86.1 Å². The van der Waals surface area contributed by atoms with Crippen molar-refractivity contribution in [3.05, 3.63) is 0 Å². The first-order valence-corrected chi connectivity index (χ1v) is 11.4. The zero-order valence-electron chi connectivity index (χ0n) is 13.0. The van der Waals surface area contributed by atoms with Gasteiger partial charge in [0.2, 0.25) is 0 Å². The summed E-state index contributed by atoms with van der Waals surface area (Å²) in [5, 5.41) is 34.5. The molecular formula is C10H16Mo2N2O12. The number of aliphatic carboxylic acids is 4. The van der Waals surface area contributed by atoms with Crippen LogP contribution in [0.25, 0.3) is 0 Å². The van der Waals surface area contributed by atoms with Gasteiger partial charge in [0.25, 0.3) is 0 Å². The van der Waals surface area contributed by atoms with Gasteiger partial charge in [-0.15, -0.1) is 0 Å². The van der Waals surface area contributed by atoms with E-state index in [1.807, 2.05) is 0 Å². The summed E-state index contributed by atoms with van der Waals surface area (Å²) in [6.45, 7) is -2.25. The van der Waals surface area contributed by atoms with Gasteiger partial charge < -0.3 is 20.4 Å². The second-order valence-corrected chi connectivity index (χ2v) is 11.2. The average molecular weight is 548 g/mol. The molecule has 1 aliphatic rings. The summed E-state index contributed by atoms with van der Waals surface area (Å²) < 4.78 is 27.8. The first-order chi connectivity index (χ1) is 12.0. The molecule has 0 radical (unpaired) electrons. The number of nitrogens with zero attached hydrogens (tertiary/aromatic N) is 2. The topological polar surface area (TPSA) is 208 Å². The molecule has 0 amide bonds. The van der Waals surface area contributed by atoms with Gasteiger partial charge in [0.05, 0.1) is 26.2 Å². The van der Waals surface area contributed by atoms with Gasteiger partial charge in [-0.25, -0.2) is 0 Å². The molecule has 1 fully saturated rings. The minimum absolute atomic E-state index is 0.0703. The molecule has 0 atom stereocenters. The maximum absolute atomic E-state index is 10.6. The molecule has 0 aromatic heterocycles. The molecule has 0 aliphatic carbocycles. The Kier molecular flexibility index (Phi) is 12.3. The van der Waals surface area contributed by atoms with Crippen molar-refractivity contribution in [3.63, 3.8) is 0 Å². The summed E-state index contributed by atoms with van der Waals surface area (Å²) in [6, 6.07) is 0. The molecule has 0 unspecified atom stereocenters. The third-order valence-electron chi connectivity index (χ3n) is 2.39. The van der Waals surface area contributed by atoms with Gasteiger partial charge in [-0.1, -0.05) is 0 Å². The van der Waals surface area contributed by atoms with Crippen molar-refractivity contribution in [2.24, 2.45) is 0 Å². The van der Waals surface area contributed by atoms with Gasteiger partial charge in [-0.2, -0.15) is 0 Å². The standard InChI is InChI=1S/C10H16N2O8.2Mo.4O/c13-7(14)3-11(4-8(15)16)1-2-12(5-9(17)18)6-10(19)20;;;;;;/h1-6H2,(H,13,14)(H,15,16)(H,17,18)(H,19,20);;;;;;. The molecule has 0 aromatic carbocycles. The zero-order chi connectivity index (χ0) is 20.3. The molecule has 0 spiro atoms. The Morgan fingerprint density at radius 2 is 0.846 bits per heavy atom. The van der Waals surface area contributed by atoms with E-state index in [0.29, 0.717) is 0 Å². The van der Waals surface area contributed by atoms with E-state index in [1.165, 1.54) is 0 Å². The van der Waals surface area contributed by atoms with Gasteiger partial charge in [0, 0.05) is 13.1 Å². The molecule has 4 N–H and O–H groups in total. The van der Waals surface area contributed by atoms with Gasteiger partial charge in [0.1, 0.15) is 0 Å². The number of carbonyl (C=O) groups is 4. The molecule has 0 bridgehead atoms. The van der Waals surface area contributed by atoms with E-state index in [-0.39, 0.29) is 13.1 Å². The zero-order valence-corrected chi connectivity index (χ0v) is 17.0. The van der Waals surface area contributed by atoms with Crippen LogP contribution in [-0.2, 0) is 66.1 Å². The minimum atomic E-state index is -2.75. The summed E-state index contributed by atoms with van der Waals surface area (Å²) in [5.41, 5.74) is 0. The van der Waals surface area contributed by atoms with Crippen molar-refractivity contribution in [2.75, 3.05) is 39.3 Å². The molecule has 1 saturated heterocycles. The fourth-order valence-corrected chi connectivity index (χ4v) is 4.83. The maximum atomic E-state index is 10.6. The van der Waals surface area contributed by atoms with Crippen molar-refractivity contribution in [1.29, 1.82) is 0 Å². The molecule has 1 aliphatic heterocycles. The molecule has 1 heterocycles. The van der Waals surface area contributed by atoms with E-state index in [9.17, 15) is 26.0 Å². The van der Waals surface area contributed by atoms with Crippen molar-refractivity contribution >= 4 is 23.9 Å². The van der Waals surface area contributed by atoms with E-state index >= 15 is 0 Å². The molecule has 26 heavy (non-hydrogen) atoms. The van der Waals surface area contributed by atoms with Gasteiger partial charge in [-0.05, 0) is 0 Å². The Morgan fingerprint density at radius 3 is 0.962 bits per heavy atom. The van der Waals surface area contributed by atoms with Crippen LogP contribution in [-0.4, -0.2) is 93.4 Å². The third kappa shape index (κ3) is 13.9. The summed E-state index contributed by atoms with van der Waals surface area (Å²) in [4.78, 5) is 44.4. The third-order valence-corrected chi connectivity index (χ3v) is 9.95. The fraction of sp³-hybridized carbons (Fsp3) is 0.600. The summed E-state index contributed by atoms with van der Waals surface area (Å²) >= 11 is -5.51. The van der Waals surface area contributed by atoms with Gasteiger partial charge in [0.15, 0.2) is 0 Å². The predicted molar refractivity (Wildman–Crippen MR) is 67.0 cm³/mol. The van der Waals surface area contributed by atoms with E-state index in [4.69, 9.17) is 20.4 Å². The van der Waals surface area contributed by atoms with Crippen LogP contribution in [0.1, 0.15) is 0 Å². The Balaban J connectivity index is 0.000000867. The van der Waals surface area contributed by atoms with Gasteiger partial charge >= 0.3 is 70.8 Å². The van der Waals surface area contributed by atoms with Crippen LogP contribution < -0.4 is 0 Å². The SMILES string of the molecule is O=C(O)CN(CCN(CC(=O)O)CC(=O)O)CC(=O)O.[O]=[Mo]1[O][Mo](=[O])[O]1. The van der Waals surface area contributed by atoms with Crippen molar-refractivity contribution < 1.29 is 86.6 Å². The Bertz CT molecular complexity index is 492. The summed E-state index contributed by atoms with van der Waals surface area (Å²) in [5.74, 6) is -4.91. The number of carboxylic acids is 4. The normalized spacial score (nSPS) is 14.4. The molecule has 0 aromatic rings.